The highest BCUT2D eigenvalue weighted by atomic mass is 32.1. The number of nitrogens with one attached hydrogen (secondary N) is 3. The van der Waals surface area contributed by atoms with Crippen LogP contribution in [0.4, 0.5) is 4.79 Å². The van der Waals surface area contributed by atoms with Gasteiger partial charge in [0, 0.05) is 17.3 Å². The van der Waals surface area contributed by atoms with Crippen molar-refractivity contribution in [3.8, 4) is 0 Å². The number of amides is 2. The molecule has 108 valence electrons. The molecule has 3 rings (SSSR count). The highest BCUT2D eigenvalue weighted by Gasteiger charge is 2.09. The highest BCUT2D eigenvalue weighted by molar-refractivity contribution is 7.09. The van der Waals surface area contributed by atoms with E-state index in [0.717, 1.165) is 4.88 Å². The molecule has 9 heteroatoms. The number of hydrogen-bond donors (Lipinski definition) is 3. The van der Waals surface area contributed by atoms with Crippen LogP contribution >= 0.6 is 11.3 Å². The van der Waals surface area contributed by atoms with Crippen molar-refractivity contribution in [2.75, 3.05) is 0 Å². The van der Waals surface area contributed by atoms with Gasteiger partial charge >= 0.3 is 6.03 Å². The second kappa shape index (κ2) is 5.75. The van der Waals surface area contributed by atoms with E-state index in [1.807, 2.05) is 17.5 Å². The van der Waals surface area contributed by atoms with E-state index in [4.69, 9.17) is 0 Å². The van der Waals surface area contributed by atoms with Crippen molar-refractivity contribution in [2.24, 2.45) is 0 Å². The SMILES string of the molecule is O=C(NCc1cccs1)NCc1nnc2c(=O)[nH]ccn12. The molecule has 0 radical (unpaired) electrons. The molecule has 0 aliphatic carbocycles. The average Bonchev–Trinajstić information content (AvgIpc) is 3.13. The van der Waals surface area contributed by atoms with Gasteiger partial charge in [-0.1, -0.05) is 6.07 Å². The fourth-order valence-corrected chi connectivity index (χ4v) is 2.45. The van der Waals surface area contributed by atoms with Crippen molar-refractivity contribution in [1.82, 2.24) is 30.2 Å². The van der Waals surface area contributed by atoms with Gasteiger partial charge in [0.05, 0.1) is 13.1 Å². The molecule has 0 aliphatic heterocycles. The first-order valence-corrected chi connectivity index (χ1v) is 7.07. The van der Waals surface area contributed by atoms with Crippen LogP contribution in [-0.2, 0) is 13.1 Å². The summed E-state index contributed by atoms with van der Waals surface area (Å²) in [6.45, 7) is 0.657. The van der Waals surface area contributed by atoms with Gasteiger partial charge in [-0.15, -0.1) is 21.5 Å². The third-order valence-electron chi connectivity index (χ3n) is 2.82. The fraction of sp³-hybridized carbons (Fsp3) is 0.167. The van der Waals surface area contributed by atoms with E-state index in [0.29, 0.717) is 12.4 Å². The molecular formula is C12H12N6O2S. The molecule has 3 heterocycles. The van der Waals surface area contributed by atoms with Gasteiger partial charge in [0.1, 0.15) is 0 Å². The van der Waals surface area contributed by atoms with Crippen molar-refractivity contribution < 1.29 is 4.79 Å². The van der Waals surface area contributed by atoms with Gasteiger partial charge in [-0.3, -0.25) is 9.20 Å². The second-order valence-electron chi connectivity index (χ2n) is 4.21. The highest BCUT2D eigenvalue weighted by Crippen LogP contribution is 2.07. The summed E-state index contributed by atoms with van der Waals surface area (Å²) in [7, 11) is 0. The molecule has 0 saturated heterocycles. The van der Waals surface area contributed by atoms with Crippen LogP contribution in [0.15, 0.2) is 34.7 Å². The number of carbonyl (C=O) groups excluding carboxylic acids is 1. The monoisotopic (exact) mass is 304 g/mol. The molecule has 0 saturated carbocycles. The summed E-state index contributed by atoms with van der Waals surface area (Å²) in [4.78, 5) is 26.8. The molecule has 2 amide bonds. The topological polar surface area (TPSA) is 104 Å². The first-order chi connectivity index (χ1) is 10.2. The number of rotatable bonds is 4. The zero-order valence-electron chi connectivity index (χ0n) is 10.9. The lowest BCUT2D eigenvalue weighted by Gasteiger charge is -2.05. The van der Waals surface area contributed by atoms with Gasteiger partial charge in [0.15, 0.2) is 5.82 Å². The normalized spacial score (nSPS) is 10.7. The number of aromatic nitrogens is 4. The lowest BCUT2D eigenvalue weighted by molar-refractivity contribution is 0.240. The molecular weight excluding hydrogens is 292 g/mol. The van der Waals surface area contributed by atoms with Crippen LogP contribution in [0.5, 0.6) is 0 Å². The fourth-order valence-electron chi connectivity index (χ4n) is 1.81. The Balaban J connectivity index is 1.60. The maximum absolute atomic E-state index is 11.7. The van der Waals surface area contributed by atoms with Gasteiger partial charge in [-0.25, -0.2) is 4.79 Å². The van der Waals surface area contributed by atoms with E-state index >= 15 is 0 Å². The van der Waals surface area contributed by atoms with Crippen molar-refractivity contribution >= 4 is 23.0 Å². The molecule has 3 aromatic rings. The molecule has 3 aromatic heterocycles. The summed E-state index contributed by atoms with van der Waals surface area (Å²) in [5.41, 5.74) is -0.119. The number of nitrogens with zero attached hydrogens (tertiary/aromatic N) is 3. The molecule has 8 nitrogen and oxygen atoms in total. The number of fused-ring (bicyclic) bond motifs is 1. The molecule has 3 N–H and O–H groups in total. The van der Waals surface area contributed by atoms with E-state index in [-0.39, 0.29) is 23.8 Å². The van der Waals surface area contributed by atoms with Crippen LogP contribution in [0.1, 0.15) is 10.7 Å². The zero-order chi connectivity index (χ0) is 14.7. The van der Waals surface area contributed by atoms with Crippen molar-refractivity contribution in [3.05, 3.63) is 51.0 Å². The van der Waals surface area contributed by atoms with E-state index in [1.54, 1.807) is 21.9 Å². The van der Waals surface area contributed by atoms with Gasteiger partial charge in [0.2, 0.25) is 5.65 Å². The van der Waals surface area contributed by atoms with E-state index in [9.17, 15) is 9.59 Å². The third kappa shape index (κ3) is 2.92. The largest absolute Gasteiger partial charge is 0.333 e. The van der Waals surface area contributed by atoms with E-state index < -0.39 is 0 Å². The van der Waals surface area contributed by atoms with E-state index in [2.05, 4.69) is 25.8 Å². The van der Waals surface area contributed by atoms with Crippen molar-refractivity contribution in [1.29, 1.82) is 0 Å². The summed E-state index contributed by atoms with van der Waals surface area (Å²) in [5.74, 6) is 0.488. The summed E-state index contributed by atoms with van der Waals surface area (Å²) in [5, 5.41) is 15.0. The van der Waals surface area contributed by atoms with Crippen molar-refractivity contribution in [2.45, 2.75) is 13.1 Å². The summed E-state index contributed by atoms with van der Waals surface area (Å²) in [6.07, 6.45) is 3.14. The number of hydrogen-bond acceptors (Lipinski definition) is 5. The minimum absolute atomic E-state index is 0.181. The molecule has 0 aromatic carbocycles. The minimum atomic E-state index is -0.321. The Labute approximate surface area is 122 Å². The zero-order valence-corrected chi connectivity index (χ0v) is 11.7. The van der Waals surface area contributed by atoms with Crippen LogP contribution < -0.4 is 16.2 Å². The van der Waals surface area contributed by atoms with Crippen LogP contribution in [0.3, 0.4) is 0 Å². The molecule has 0 spiro atoms. The molecule has 0 aliphatic rings. The third-order valence-corrected chi connectivity index (χ3v) is 3.69. The van der Waals surface area contributed by atoms with Crippen LogP contribution in [0, 0.1) is 0 Å². The second-order valence-corrected chi connectivity index (χ2v) is 5.25. The van der Waals surface area contributed by atoms with Gasteiger partial charge in [0.25, 0.3) is 5.56 Å². The standard InChI is InChI=1S/C12H12N6O2S/c19-11-10-17-16-9(18(10)4-3-13-11)7-15-12(20)14-6-8-2-1-5-21-8/h1-5H,6-7H2,(H,13,19)(H2,14,15,20). The maximum Gasteiger partial charge on any atom is 0.315 e. The Kier molecular flexibility index (Phi) is 3.65. The van der Waals surface area contributed by atoms with Gasteiger partial charge in [-0.2, -0.15) is 0 Å². The number of thiophene rings is 1. The van der Waals surface area contributed by atoms with Gasteiger partial charge in [-0.05, 0) is 11.4 Å². The summed E-state index contributed by atoms with van der Waals surface area (Å²) < 4.78 is 1.54. The molecule has 0 fully saturated rings. The number of aromatic amines is 1. The van der Waals surface area contributed by atoms with Crippen LogP contribution in [0.2, 0.25) is 0 Å². The number of urea groups is 1. The predicted molar refractivity (Wildman–Crippen MR) is 77.0 cm³/mol. The summed E-state index contributed by atoms with van der Waals surface area (Å²) >= 11 is 1.58. The maximum atomic E-state index is 11.7. The molecule has 21 heavy (non-hydrogen) atoms. The van der Waals surface area contributed by atoms with Crippen LogP contribution in [-0.4, -0.2) is 25.6 Å². The smallest absolute Gasteiger partial charge is 0.315 e. The quantitative estimate of drug-likeness (QED) is 0.652. The number of carbonyl (C=O) groups is 1. The Morgan fingerprint density at radius 3 is 3.00 bits per heavy atom. The molecule has 0 bridgehead atoms. The molecule has 0 atom stereocenters. The van der Waals surface area contributed by atoms with Crippen LogP contribution in [0.25, 0.3) is 5.65 Å². The van der Waals surface area contributed by atoms with Gasteiger partial charge < -0.3 is 15.6 Å². The number of H-pyrrole nitrogens is 1. The Morgan fingerprint density at radius 2 is 2.19 bits per heavy atom. The summed E-state index contributed by atoms with van der Waals surface area (Å²) in [6, 6.07) is 3.58. The Hall–Kier alpha value is -2.68. The lowest BCUT2D eigenvalue weighted by Crippen LogP contribution is -2.34. The first kappa shape index (κ1) is 13.3. The van der Waals surface area contributed by atoms with Crippen molar-refractivity contribution in [3.63, 3.8) is 0 Å². The minimum Gasteiger partial charge on any atom is -0.333 e. The van der Waals surface area contributed by atoms with E-state index in [1.165, 1.54) is 6.20 Å². The lowest BCUT2D eigenvalue weighted by atomic mass is 10.5. The average molecular weight is 304 g/mol. The predicted octanol–water partition coefficient (Wildman–Crippen LogP) is 0.478. The first-order valence-electron chi connectivity index (χ1n) is 6.19. The Morgan fingerprint density at radius 1 is 1.33 bits per heavy atom. The molecule has 0 unspecified atom stereocenters. The Bertz CT molecular complexity index is 807.